The van der Waals surface area contributed by atoms with Gasteiger partial charge >= 0.3 is 6.18 Å². The Morgan fingerprint density at radius 2 is 2.32 bits per heavy atom. The summed E-state index contributed by atoms with van der Waals surface area (Å²) < 4.78 is 37.5. The molecule has 1 atom stereocenters. The number of nitrogens with zero attached hydrogens (tertiary/aromatic N) is 2. The van der Waals surface area contributed by atoms with E-state index in [1.54, 1.807) is 4.90 Å². The molecule has 8 heteroatoms. The number of amides is 1. The number of rotatable bonds is 2. The van der Waals surface area contributed by atoms with Crippen molar-refractivity contribution in [3.8, 4) is 0 Å². The topological polar surface area (TPSA) is 45.2 Å². The second-order valence-corrected chi connectivity index (χ2v) is 5.50. The zero-order valence-electron chi connectivity index (χ0n) is 10.3. The number of aromatic nitrogens is 1. The Bertz CT molecular complexity index is 460. The number of hydrogen-bond donors (Lipinski definition) is 1. The molecule has 1 aliphatic heterocycles. The van der Waals surface area contributed by atoms with Crippen LogP contribution < -0.4 is 10.2 Å². The van der Waals surface area contributed by atoms with Gasteiger partial charge in [0, 0.05) is 26.1 Å². The first-order chi connectivity index (χ1) is 8.86. The molecule has 1 saturated heterocycles. The van der Waals surface area contributed by atoms with E-state index in [-0.39, 0.29) is 11.9 Å². The third kappa shape index (κ3) is 3.59. The Hall–Kier alpha value is -1.31. The van der Waals surface area contributed by atoms with Crippen molar-refractivity contribution in [3.63, 3.8) is 0 Å². The van der Waals surface area contributed by atoms with Gasteiger partial charge in [-0.2, -0.15) is 13.2 Å². The average Bonchev–Trinajstić information content (AvgIpc) is 2.77. The van der Waals surface area contributed by atoms with E-state index in [1.807, 2.05) is 0 Å². The molecule has 1 unspecified atom stereocenters. The van der Waals surface area contributed by atoms with Gasteiger partial charge in [-0.1, -0.05) is 11.3 Å². The third-order valence-electron chi connectivity index (χ3n) is 2.87. The zero-order valence-corrected chi connectivity index (χ0v) is 11.1. The molecular weight excluding hydrogens is 279 g/mol. The van der Waals surface area contributed by atoms with E-state index in [0.29, 0.717) is 29.6 Å². The minimum Gasteiger partial charge on any atom is -0.352 e. The van der Waals surface area contributed by atoms with Gasteiger partial charge in [0.15, 0.2) is 5.13 Å². The lowest BCUT2D eigenvalue weighted by Crippen LogP contribution is -2.47. The molecule has 0 bridgehead atoms. The summed E-state index contributed by atoms with van der Waals surface area (Å²) in [5.41, 5.74) is 0. The van der Waals surface area contributed by atoms with Crippen LogP contribution in [0.5, 0.6) is 0 Å². The van der Waals surface area contributed by atoms with E-state index in [2.05, 4.69) is 10.3 Å². The van der Waals surface area contributed by atoms with Crippen LogP contribution in [0.1, 0.15) is 24.6 Å². The molecule has 106 valence electrons. The fraction of sp³-hybridized carbons (Fsp3) is 0.636. The molecule has 19 heavy (non-hydrogen) atoms. The van der Waals surface area contributed by atoms with Gasteiger partial charge in [0.25, 0.3) is 0 Å². The number of piperidine rings is 1. The summed E-state index contributed by atoms with van der Waals surface area (Å²) in [7, 11) is 0. The molecule has 0 aliphatic carbocycles. The van der Waals surface area contributed by atoms with Crippen molar-refractivity contribution >= 4 is 22.4 Å². The molecule has 1 aromatic rings. The summed E-state index contributed by atoms with van der Waals surface area (Å²) >= 11 is 0.644. The smallest absolute Gasteiger partial charge is 0.352 e. The minimum absolute atomic E-state index is 0.0236. The molecule has 1 N–H and O–H groups in total. The number of halogens is 3. The van der Waals surface area contributed by atoms with Crippen LogP contribution in [0.4, 0.5) is 18.3 Å². The SMILES string of the molecule is CC(=O)NC1CCCN(c2ncc(C(F)(F)F)s2)C1. The quantitative estimate of drug-likeness (QED) is 0.910. The highest BCUT2D eigenvalue weighted by atomic mass is 32.1. The van der Waals surface area contributed by atoms with E-state index in [4.69, 9.17) is 0 Å². The summed E-state index contributed by atoms with van der Waals surface area (Å²) in [6.45, 7) is 2.61. The number of carbonyl (C=O) groups excluding carboxylic acids is 1. The predicted octanol–water partition coefficient (Wildman–Crippen LogP) is 2.27. The lowest BCUT2D eigenvalue weighted by molar-refractivity contribution is -0.134. The second kappa shape index (κ2) is 5.36. The fourth-order valence-corrected chi connectivity index (χ4v) is 2.92. The van der Waals surface area contributed by atoms with Crippen LogP contribution in [-0.2, 0) is 11.0 Å². The van der Waals surface area contributed by atoms with Crippen molar-refractivity contribution in [3.05, 3.63) is 11.1 Å². The lowest BCUT2D eigenvalue weighted by atomic mass is 10.1. The van der Waals surface area contributed by atoms with Gasteiger partial charge in [0.1, 0.15) is 4.88 Å². The molecule has 1 amide bonds. The highest BCUT2D eigenvalue weighted by Crippen LogP contribution is 2.36. The van der Waals surface area contributed by atoms with Crippen molar-refractivity contribution in [2.24, 2.45) is 0 Å². The number of nitrogens with one attached hydrogen (secondary N) is 1. The van der Waals surface area contributed by atoms with Crippen LogP contribution in [0.2, 0.25) is 0 Å². The first kappa shape index (κ1) is 14.1. The van der Waals surface area contributed by atoms with E-state index in [1.165, 1.54) is 6.92 Å². The van der Waals surface area contributed by atoms with Crippen LogP contribution in [0, 0.1) is 0 Å². The van der Waals surface area contributed by atoms with Crippen molar-refractivity contribution < 1.29 is 18.0 Å². The standard InChI is InChI=1S/C11H14F3N3OS/c1-7(18)16-8-3-2-4-17(6-8)10-15-5-9(19-10)11(12,13)14/h5,8H,2-4,6H2,1H3,(H,16,18). The Kier molecular flexibility index (Phi) is 3.98. The normalized spacial score (nSPS) is 20.4. The number of hydrogen-bond acceptors (Lipinski definition) is 4. The molecule has 2 rings (SSSR count). The number of alkyl halides is 3. The van der Waals surface area contributed by atoms with Crippen LogP contribution in [0.15, 0.2) is 6.20 Å². The summed E-state index contributed by atoms with van der Waals surface area (Å²) in [5, 5.41) is 3.16. The van der Waals surface area contributed by atoms with Crippen LogP contribution in [0.25, 0.3) is 0 Å². The summed E-state index contributed by atoms with van der Waals surface area (Å²) in [5.74, 6) is -0.123. The monoisotopic (exact) mass is 293 g/mol. The molecule has 1 aliphatic rings. The maximum atomic E-state index is 12.5. The molecule has 0 radical (unpaired) electrons. The van der Waals surface area contributed by atoms with Gasteiger partial charge < -0.3 is 10.2 Å². The summed E-state index contributed by atoms with van der Waals surface area (Å²) in [6, 6.07) is -0.0236. The summed E-state index contributed by atoms with van der Waals surface area (Å²) in [6.07, 6.45) is -1.82. The van der Waals surface area contributed by atoms with Crippen LogP contribution in [-0.4, -0.2) is 30.0 Å². The molecule has 4 nitrogen and oxygen atoms in total. The van der Waals surface area contributed by atoms with Crippen molar-refractivity contribution in [2.75, 3.05) is 18.0 Å². The molecule has 2 heterocycles. The lowest BCUT2D eigenvalue weighted by Gasteiger charge is -2.32. The first-order valence-corrected chi connectivity index (χ1v) is 6.73. The average molecular weight is 293 g/mol. The van der Waals surface area contributed by atoms with Gasteiger partial charge in [0.2, 0.25) is 5.91 Å². The molecule has 0 aromatic carbocycles. The maximum absolute atomic E-state index is 12.5. The van der Waals surface area contributed by atoms with Gasteiger partial charge in [-0.25, -0.2) is 4.98 Å². The van der Waals surface area contributed by atoms with Crippen LogP contribution in [0.3, 0.4) is 0 Å². The fourth-order valence-electron chi connectivity index (χ4n) is 2.10. The minimum atomic E-state index is -4.34. The zero-order chi connectivity index (χ0) is 14.0. The predicted molar refractivity (Wildman–Crippen MR) is 66.2 cm³/mol. The van der Waals surface area contributed by atoms with Gasteiger partial charge in [-0.3, -0.25) is 4.79 Å². The van der Waals surface area contributed by atoms with Crippen LogP contribution >= 0.6 is 11.3 Å². The van der Waals surface area contributed by atoms with E-state index < -0.39 is 11.1 Å². The molecule has 0 saturated carbocycles. The highest BCUT2D eigenvalue weighted by molar-refractivity contribution is 7.15. The molecule has 1 aromatic heterocycles. The third-order valence-corrected chi connectivity index (χ3v) is 3.98. The maximum Gasteiger partial charge on any atom is 0.427 e. The van der Waals surface area contributed by atoms with Crippen molar-refractivity contribution in [2.45, 2.75) is 32.0 Å². The molecular formula is C11H14F3N3OS. The van der Waals surface area contributed by atoms with Crippen molar-refractivity contribution in [1.29, 1.82) is 0 Å². The second-order valence-electron chi connectivity index (χ2n) is 4.49. The van der Waals surface area contributed by atoms with Gasteiger partial charge in [-0.15, -0.1) is 0 Å². The Morgan fingerprint density at radius 1 is 1.58 bits per heavy atom. The number of carbonyl (C=O) groups is 1. The number of anilines is 1. The molecule has 1 fully saturated rings. The van der Waals surface area contributed by atoms with Gasteiger partial charge in [0.05, 0.1) is 6.20 Å². The van der Waals surface area contributed by atoms with Gasteiger partial charge in [-0.05, 0) is 12.8 Å². The summed E-state index contributed by atoms with van der Waals surface area (Å²) in [4.78, 5) is 15.9. The van der Waals surface area contributed by atoms with E-state index >= 15 is 0 Å². The highest BCUT2D eigenvalue weighted by Gasteiger charge is 2.34. The largest absolute Gasteiger partial charge is 0.427 e. The van der Waals surface area contributed by atoms with E-state index in [9.17, 15) is 18.0 Å². The number of thiazole rings is 1. The van der Waals surface area contributed by atoms with E-state index in [0.717, 1.165) is 19.0 Å². The molecule has 0 spiro atoms. The Labute approximate surface area is 112 Å². The Morgan fingerprint density at radius 3 is 2.89 bits per heavy atom. The van der Waals surface area contributed by atoms with Crippen molar-refractivity contribution in [1.82, 2.24) is 10.3 Å². The Balaban J connectivity index is 2.05. The first-order valence-electron chi connectivity index (χ1n) is 5.91.